The molecule has 11 nitrogen and oxygen atoms in total. The highest BCUT2D eigenvalue weighted by atomic mass is 35.5. The van der Waals surface area contributed by atoms with Gasteiger partial charge in [-0.05, 0) is 55.0 Å². The Bertz CT molecular complexity index is 1930. The largest absolute Gasteiger partial charge is 0.416 e. The summed E-state index contributed by atoms with van der Waals surface area (Å²) in [5, 5.41) is 27.4. The average Bonchev–Trinajstić information content (AvgIpc) is 3.65. The first-order valence-corrected chi connectivity index (χ1v) is 13.2. The summed E-state index contributed by atoms with van der Waals surface area (Å²) in [5.74, 6) is -0.984. The number of carbonyl (C=O) groups excluding carboxylic acids is 2. The fourth-order valence-electron chi connectivity index (χ4n) is 4.38. The van der Waals surface area contributed by atoms with E-state index in [0.717, 1.165) is 12.1 Å². The normalized spacial score (nSPS) is 11.2. The molecule has 0 unspecified atom stereocenters. The zero-order chi connectivity index (χ0) is 31.6. The standard InChI is InChI=1S/C29H21ClF3N9O2/c1-16-10-17(13-34)11-21(27(43)35-2)25(16)37-28(44)24-12-20(39-42(24)26-22(30)4-3-9-36-26)14-41-15-23(38-40-41)18-5-7-19(8-6-18)29(31,32)33/h3-12,15H,14H2,1-2H3,(H,35,43)(H,37,44). The fraction of sp³-hybridized carbons (Fsp3) is 0.138. The molecule has 3 aromatic heterocycles. The van der Waals surface area contributed by atoms with Gasteiger partial charge in [0, 0.05) is 18.8 Å². The molecule has 222 valence electrons. The maximum atomic E-state index is 13.7. The smallest absolute Gasteiger partial charge is 0.355 e. The van der Waals surface area contributed by atoms with Crippen molar-refractivity contribution in [2.75, 3.05) is 12.4 Å². The summed E-state index contributed by atoms with van der Waals surface area (Å²) in [4.78, 5) is 30.5. The third-order valence-corrected chi connectivity index (χ3v) is 6.77. The molecule has 2 aromatic carbocycles. The molecule has 0 aliphatic heterocycles. The average molecular weight is 620 g/mol. The number of hydrogen-bond acceptors (Lipinski definition) is 7. The first-order chi connectivity index (χ1) is 21.0. The Morgan fingerprint density at radius 1 is 1.09 bits per heavy atom. The Morgan fingerprint density at radius 2 is 1.84 bits per heavy atom. The van der Waals surface area contributed by atoms with Gasteiger partial charge < -0.3 is 10.6 Å². The lowest BCUT2D eigenvalue weighted by atomic mass is 10.0. The number of rotatable bonds is 7. The van der Waals surface area contributed by atoms with Gasteiger partial charge in [0.1, 0.15) is 11.4 Å². The Balaban J connectivity index is 1.48. The predicted molar refractivity (Wildman–Crippen MR) is 153 cm³/mol. The molecule has 15 heteroatoms. The van der Waals surface area contributed by atoms with E-state index in [-0.39, 0.29) is 39.9 Å². The number of nitrogens with one attached hydrogen (secondary N) is 2. The number of alkyl halides is 3. The topological polar surface area (TPSA) is 143 Å². The van der Waals surface area contributed by atoms with E-state index in [9.17, 15) is 28.0 Å². The molecule has 0 bridgehead atoms. The lowest BCUT2D eigenvalue weighted by Gasteiger charge is -2.14. The summed E-state index contributed by atoms with van der Waals surface area (Å²) in [6.45, 7) is 1.69. The Hall–Kier alpha value is -5.55. The molecule has 5 rings (SSSR count). The van der Waals surface area contributed by atoms with Crippen LogP contribution in [0.5, 0.6) is 0 Å². The highest BCUT2D eigenvalue weighted by Gasteiger charge is 2.30. The van der Waals surface area contributed by atoms with Gasteiger partial charge in [0.05, 0.1) is 51.9 Å². The van der Waals surface area contributed by atoms with Crippen molar-refractivity contribution in [3.05, 3.63) is 106 Å². The van der Waals surface area contributed by atoms with E-state index >= 15 is 0 Å². The number of hydrogen-bond donors (Lipinski definition) is 2. The third-order valence-electron chi connectivity index (χ3n) is 6.48. The minimum Gasteiger partial charge on any atom is -0.355 e. The van der Waals surface area contributed by atoms with Gasteiger partial charge >= 0.3 is 6.18 Å². The lowest BCUT2D eigenvalue weighted by Crippen LogP contribution is -2.24. The van der Waals surface area contributed by atoms with Gasteiger partial charge in [-0.15, -0.1) is 5.10 Å². The van der Waals surface area contributed by atoms with Crippen molar-refractivity contribution in [2.45, 2.75) is 19.6 Å². The summed E-state index contributed by atoms with van der Waals surface area (Å²) in [7, 11) is 1.43. The van der Waals surface area contributed by atoms with Gasteiger partial charge in [0.25, 0.3) is 11.8 Å². The molecule has 0 spiro atoms. The molecule has 44 heavy (non-hydrogen) atoms. The monoisotopic (exact) mass is 619 g/mol. The van der Waals surface area contributed by atoms with Gasteiger partial charge in [-0.1, -0.05) is 28.9 Å². The number of nitriles is 1. The van der Waals surface area contributed by atoms with E-state index in [1.807, 2.05) is 6.07 Å². The van der Waals surface area contributed by atoms with Crippen molar-refractivity contribution in [3.8, 4) is 23.1 Å². The van der Waals surface area contributed by atoms with E-state index in [1.165, 1.54) is 53.1 Å². The molecule has 0 fully saturated rings. The maximum absolute atomic E-state index is 13.7. The van der Waals surface area contributed by atoms with E-state index in [2.05, 4.69) is 31.0 Å². The van der Waals surface area contributed by atoms with Gasteiger partial charge in [-0.3, -0.25) is 9.59 Å². The quantitative estimate of drug-likeness (QED) is 0.260. The summed E-state index contributed by atoms with van der Waals surface area (Å²) in [6.07, 6.45) is -1.45. The lowest BCUT2D eigenvalue weighted by molar-refractivity contribution is -0.137. The first kappa shape index (κ1) is 29.9. The van der Waals surface area contributed by atoms with Crippen LogP contribution in [0.15, 0.2) is 67.0 Å². The second kappa shape index (κ2) is 12.0. The number of anilines is 1. The zero-order valence-corrected chi connectivity index (χ0v) is 23.8. The molecule has 0 saturated heterocycles. The molecule has 2 N–H and O–H groups in total. The van der Waals surface area contributed by atoms with Gasteiger partial charge in [0.2, 0.25) is 0 Å². The molecular weight excluding hydrogens is 599 g/mol. The van der Waals surface area contributed by atoms with Crippen LogP contribution in [0.25, 0.3) is 17.1 Å². The number of aryl methyl sites for hydroxylation is 1. The molecule has 0 aliphatic rings. The van der Waals surface area contributed by atoms with Crippen LogP contribution in [0.4, 0.5) is 18.9 Å². The summed E-state index contributed by atoms with van der Waals surface area (Å²) in [6, 6.07) is 14.1. The summed E-state index contributed by atoms with van der Waals surface area (Å²) < 4.78 is 41.5. The predicted octanol–water partition coefficient (Wildman–Crippen LogP) is 5.04. The number of amides is 2. The second-order valence-electron chi connectivity index (χ2n) is 9.48. The Morgan fingerprint density at radius 3 is 2.50 bits per heavy atom. The van der Waals surface area contributed by atoms with Crippen LogP contribution in [-0.4, -0.2) is 48.6 Å². The Labute approximate surface area is 252 Å². The van der Waals surface area contributed by atoms with E-state index in [4.69, 9.17) is 11.6 Å². The van der Waals surface area contributed by atoms with Crippen LogP contribution in [0, 0.1) is 18.3 Å². The Kier molecular flexibility index (Phi) is 8.15. The summed E-state index contributed by atoms with van der Waals surface area (Å²) in [5.41, 5.74) is 1.38. The number of nitrogens with zero attached hydrogens (tertiary/aromatic N) is 7. The van der Waals surface area contributed by atoms with Crippen molar-refractivity contribution < 1.29 is 22.8 Å². The highest BCUT2D eigenvalue weighted by Crippen LogP contribution is 2.31. The number of benzene rings is 2. The molecule has 0 saturated carbocycles. The molecule has 0 aliphatic carbocycles. The van der Waals surface area contributed by atoms with Crippen LogP contribution in [0.1, 0.15) is 43.2 Å². The van der Waals surface area contributed by atoms with Crippen molar-refractivity contribution in [2.24, 2.45) is 0 Å². The molecule has 3 heterocycles. The van der Waals surface area contributed by atoms with E-state index in [1.54, 1.807) is 25.1 Å². The molecule has 5 aromatic rings. The summed E-state index contributed by atoms with van der Waals surface area (Å²) >= 11 is 6.38. The zero-order valence-electron chi connectivity index (χ0n) is 23.0. The van der Waals surface area contributed by atoms with Crippen molar-refractivity contribution in [1.29, 1.82) is 5.26 Å². The molecular formula is C29H21ClF3N9O2. The molecule has 2 amide bonds. The first-order valence-electron chi connectivity index (χ1n) is 12.8. The minimum absolute atomic E-state index is 0.0234. The number of aromatic nitrogens is 6. The van der Waals surface area contributed by atoms with Gasteiger partial charge in [0.15, 0.2) is 5.82 Å². The SMILES string of the molecule is CNC(=O)c1cc(C#N)cc(C)c1NC(=O)c1cc(Cn2cc(-c3ccc(C(F)(F)F)cc3)nn2)nn1-c1ncccc1Cl. The molecule has 0 atom stereocenters. The highest BCUT2D eigenvalue weighted by molar-refractivity contribution is 6.32. The van der Waals surface area contributed by atoms with Crippen molar-refractivity contribution in [3.63, 3.8) is 0 Å². The second-order valence-corrected chi connectivity index (χ2v) is 9.89. The number of carbonyl (C=O) groups is 2. The number of pyridine rings is 1. The van der Waals surface area contributed by atoms with E-state index in [0.29, 0.717) is 22.5 Å². The third kappa shape index (κ3) is 6.13. The molecule has 0 radical (unpaired) electrons. The van der Waals surface area contributed by atoms with Crippen LogP contribution in [0.2, 0.25) is 5.02 Å². The number of halogens is 4. The van der Waals surface area contributed by atoms with E-state index < -0.39 is 23.6 Å². The van der Waals surface area contributed by atoms with Gasteiger partial charge in [-0.25, -0.2) is 14.3 Å². The van der Waals surface area contributed by atoms with Crippen LogP contribution < -0.4 is 10.6 Å². The maximum Gasteiger partial charge on any atom is 0.416 e. The van der Waals surface area contributed by atoms with Crippen LogP contribution >= 0.6 is 11.6 Å². The van der Waals surface area contributed by atoms with Crippen LogP contribution in [0.3, 0.4) is 0 Å². The minimum atomic E-state index is -4.46. The van der Waals surface area contributed by atoms with Crippen molar-refractivity contribution >= 4 is 29.1 Å². The van der Waals surface area contributed by atoms with Crippen LogP contribution in [-0.2, 0) is 12.7 Å². The van der Waals surface area contributed by atoms with Crippen molar-refractivity contribution in [1.82, 2.24) is 35.1 Å². The fourth-order valence-corrected chi connectivity index (χ4v) is 4.58. The van der Waals surface area contributed by atoms with Gasteiger partial charge in [-0.2, -0.15) is 23.5 Å².